The van der Waals surface area contributed by atoms with Crippen LogP contribution in [0.5, 0.6) is 0 Å². The molecule has 0 spiro atoms. The van der Waals surface area contributed by atoms with E-state index in [4.69, 9.17) is 4.74 Å². The van der Waals surface area contributed by atoms with Gasteiger partial charge in [0, 0.05) is 11.1 Å². The molecule has 1 N–H and O–H groups in total. The lowest BCUT2D eigenvalue weighted by Crippen LogP contribution is -2.22. The Morgan fingerprint density at radius 1 is 1.33 bits per heavy atom. The minimum atomic E-state index is -0.313. The van der Waals surface area contributed by atoms with Gasteiger partial charge in [-0.05, 0) is 19.4 Å². The van der Waals surface area contributed by atoms with Gasteiger partial charge in [0.1, 0.15) is 0 Å². The van der Waals surface area contributed by atoms with Crippen LogP contribution in [0.3, 0.4) is 0 Å². The summed E-state index contributed by atoms with van der Waals surface area (Å²) >= 11 is 2.88. The molecule has 0 saturated heterocycles. The van der Waals surface area contributed by atoms with Gasteiger partial charge in [0.15, 0.2) is 5.13 Å². The summed E-state index contributed by atoms with van der Waals surface area (Å²) < 4.78 is 4.88. The molecule has 24 heavy (non-hydrogen) atoms. The Morgan fingerprint density at radius 2 is 2.08 bits per heavy atom. The maximum absolute atomic E-state index is 12.2. The lowest BCUT2D eigenvalue weighted by Gasteiger charge is -2.10. The van der Waals surface area contributed by atoms with E-state index in [1.54, 1.807) is 24.1 Å². The first-order valence-electron chi connectivity index (χ1n) is 7.65. The van der Waals surface area contributed by atoms with Crippen LogP contribution in [0.15, 0.2) is 35.7 Å². The molecule has 0 aliphatic carbocycles. The van der Waals surface area contributed by atoms with E-state index in [2.05, 4.69) is 10.3 Å². The fourth-order valence-corrected chi connectivity index (χ4v) is 3.44. The molecule has 1 unspecified atom stereocenters. The van der Waals surface area contributed by atoms with Crippen LogP contribution in [0.4, 0.5) is 5.13 Å². The summed E-state index contributed by atoms with van der Waals surface area (Å²) in [6, 6.07) is 10.0. The number of thiazole rings is 1. The number of hydrogen-bond donors (Lipinski definition) is 1. The lowest BCUT2D eigenvalue weighted by molar-refractivity contribution is -0.142. The normalized spacial score (nSPS) is 11.8. The molecule has 1 atom stereocenters. The molecule has 0 radical (unpaired) electrons. The van der Waals surface area contributed by atoms with E-state index in [1.165, 1.54) is 16.9 Å². The maximum atomic E-state index is 12.2. The highest BCUT2D eigenvalue weighted by atomic mass is 32.2. The number of nitrogens with one attached hydrogen (secondary N) is 1. The van der Waals surface area contributed by atoms with Gasteiger partial charge in [-0.1, -0.05) is 30.3 Å². The molecule has 7 heteroatoms. The molecule has 2 rings (SSSR count). The molecule has 0 bridgehead atoms. The van der Waals surface area contributed by atoms with Crippen molar-refractivity contribution in [3.8, 4) is 0 Å². The quantitative estimate of drug-likeness (QED) is 0.726. The van der Waals surface area contributed by atoms with Crippen molar-refractivity contribution >= 4 is 40.1 Å². The van der Waals surface area contributed by atoms with Gasteiger partial charge in [0.25, 0.3) is 0 Å². The van der Waals surface area contributed by atoms with Gasteiger partial charge in [0.05, 0.1) is 24.0 Å². The van der Waals surface area contributed by atoms with E-state index in [-0.39, 0.29) is 23.5 Å². The second kappa shape index (κ2) is 9.44. The molecular weight excluding hydrogens is 344 g/mol. The summed E-state index contributed by atoms with van der Waals surface area (Å²) in [6.07, 6.45) is 0.124. The predicted octanol–water partition coefficient (Wildman–Crippen LogP) is 3.51. The molecule has 0 fully saturated rings. The highest BCUT2D eigenvalue weighted by Crippen LogP contribution is 2.21. The van der Waals surface area contributed by atoms with Crippen molar-refractivity contribution < 1.29 is 14.3 Å². The number of rotatable bonds is 8. The van der Waals surface area contributed by atoms with Crippen molar-refractivity contribution in [2.45, 2.75) is 31.3 Å². The van der Waals surface area contributed by atoms with Gasteiger partial charge >= 0.3 is 5.97 Å². The number of esters is 1. The number of carbonyl (C=O) groups excluding carboxylic acids is 2. The van der Waals surface area contributed by atoms with Crippen LogP contribution in [0.25, 0.3) is 0 Å². The standard InChI is InChI=1S/C17H20N2O3S2/c1-3-22-15(20)9-14-11-24-17(18-14)19-16(21)12(2)23-10-13-7-5-4-6-8-13/h4-8,11-12H,3,9-10H2,1-2H3,(H,18,19,21). The van der Waals surface area contributed by atoms with E-state index in [9.17, 15) is 9.59 Å². The van der Waals surface area contributed by atoms with Crippen LogP contribution in [-0.4, -0.2) is 28.7 Å². The SMILES string of the molecule is CCOC(=O)Cc1csc(NC(=O)C(C)SCc2ccccc2)n1. The second-order valence-corrected chi connectivity index (χ2v) is 7.24. The fraction of sp³-hybridized carbons (Fsp3) is 0.353. The summed E-state index contributed by atoms with van der Waals surface area (Å²) in [7, 11) is 0. The summed E-state index contributed by atoms with van der Waals surface area (Å²) in [5.74, 6) is 0.377. The molecule has 5 nitrogen and oxygen atoms in total. The predicted molar refractivity (Wildman–Crippen MR) is 98.3 cm³/mol. The Balaban J connectivity index is 1.81. The van der Waals surface area contributed by atoms with Crippen LogP contribution < -0.4 is 5.32 Å². The third kappa shape index (κ3) is 5.98. The Kier molecular flexibility index (Phi) is 7.27. The van der Waals surface area contributed by atoms with Crippen LogP contribution in [0, 0.1) is 0 Å². The van der Waals surface area contributed by atoms with Crippen molar-refractivity contribution in [2.24, 2.45) is 0 Å². The van der Waals surface area contributed by atoms with Crippen molar-refractivity contribution in [1.82, 2.24) is 4.98 Å². The van der Waals surface area contributed by atoms with Crippen LogP contribution in [-0.2, 0) is 26.5 Å². The Labute approximate surface area is 149 Å². The van der Waals surface area contributed by atoms with E-state index >= 15 is 0 Å². The number of hydrogen-bond acceptors (Lipinski definition) is 6. The third-order valence-corrected chi connectivity index (χ3v) is 5.15. The number of nitrogens with zero attached hydrogens (tertiary/aromatic N) is 1. The highest BCUT2D eigenvalue weighted by Gasteiger charge is 2.16. The zero-order chi connectivity index (χ0) is 17.4. The first kappa shape index (κ1) is 18.5. The number of carbonyl (C=O) groups is 2. The van der Waals surface area contributed by atoms with Gasteiger partial charge < -0.3 is 10.1 Å². The number of aromatic nitrogens is 1. The largest absolute Gasteiger partial charge is 0.466 e. The van der Waals surface area contributed by atoms with Crippen LogP contribution >= 0.6 is 23.1 Å². The number of amides is 1. The van der Waals surface area contributed by atoms with Gasteiger partial charge in [0.2, 0.25) is 5.91 Å². The molecule has 1 aromatic carbocycles. The van der Waals surface area contributed by atoms with E-state index in [0.29, 0.717) is 17.4 Å². The molecule has 1 amide bonds. The van der Waals surface area contributed by atoms with E-state index in [0.717, 1.165) is 5.75 Å². The topological polar surface area (TPSA) is 68.3 Å². The second-order valence-electron chi connectivity index (χ2n) is 5.05. The summed E-state index contributed by atoms with van der Waals surface area (Å²) in [5.41, 5.74) is 1.80. The Morgan fingerprint density at radius 3 is 2.79 bits per heavy atom. The summed E-state index contributed by atoms with van der Waals surface area (Å²) in [6.45, 7) is 3.98. The van der Waals surface area contributed by atoms with E-state index in [1.807, 2.05) is 37.3 Å². The van der Waals surface area contributed by atoms with Crippen molar-refractivity contribution in [3.05, 3.63) is 47.0 Å². The molecule has 0 aliphatic rings. The molecule has 0 aliphatic heterocycles. The van der Waals surface area contributed by atoms with Crippen molar-refractivity contribution in [2.75, 3.05) is 11.9 Å². The molecule has 1 aromatic heterocycles. The first-order chi connectivity index (χ1) is 11.6. The Bertz CT molecular complexity index is 673. The molecule has 2 aromatic rings. The van der Waals surface area contributed by atoms with E-state index < -0.39 is 0 Å². The smallest absolute Gasteiger partial charge is 0.311 e. The fourth-order valence-electron chi connectivity index (χ4n) is 1.88. The van der Waals surface area contributed by atoms with Crippen molar-refractivity contribution in [1.29, 1.82) is 0 Å². The zero-order valence-electron chi connectivity index (χ0n) is 13.7. The zero-order valence-corrected chi connectivity index (χ0v) is 15.3. The van der Waals surface area contributed by atoms with Crippen LogP contribution in [0.2, 0.25) is 0 Å². The van der Waals surface area contributed by atoms with Gasteiger partial charge in [-0.25, -0.2) is 4.98 Å². The van der Waals surface area contributed by atoms with Crippen molar-refractivity contribution in [3.63, 3.8) is 0 Å². The number of thioether (sulfide) groups is 1. The minimum absolute atomic E-state index is 0.0898. The highest BCUT2D eigenvalue weighted by molar-refractivity contribution is 7.99. The maximum Gasteiger partial charge on any atom is 0.311 e. The average molecular weight is 364 g/mol. The monoisotopic (exact) mass is 364 g/mol. The molecule has 0 saturated carbocycles. The molecular formula is C17H20N2O3S2. The summed E-state index contributed by atoms with van der Waals surface area (Å²) in [4.78, 5) is 27.9. The lowest BCUT2D eigenvalue weighted by atomic mass is 10.2. The number of ether oxygens (including phenoxy) is 1. The third-order valence-electron chi connectivity index (χ3n) is 3.12. The number of benzene rings is 1. The first-order valence-corrected chi connectivity index (χ1v) is 9.57. The number of anilines is 1. The van der Waals surface area contributed by atoms with Gasteiger partial charge in [-0.2, -0.15) is 0 Å². The average Bonchev–Trinajstić information content (AvgIpc) is 3.00. The Hall–Kier alpha value is -1.86. The minimum Gasteiger partial charge on any atom is -0.466 e. The summed E-state index contributed by atoms with van der Waals surface area (Å²) in [5, 5.41) is 4.87. The van der Waals surface area contributed by atoms with Crippen LogP contribution in [0.1, 0.15) is 25.1 Å². The molecule has 128 valence electrons. The van der Waals surface area contributed by atoms with Gasteiger partial charge in [-0.3, -0.25) is 9.59 Å². The molecule has 1 heterocycles. The van der Waals surface area contributed by atoms with Gasteiger partial charge in [-0.15, -0.1) is 23.1 Å².